The molecule has 2 aliphatic rings. The van der Waals surface area contributed by atoms with Crippen LogP contribution in [0.2, 0.25) is 0 Å². The molecule has 0 aromatic heterocycles. The summed E-state index contributed by atoms with van der Waals surface area (Å²) < 4.78 is 0. The van der Waals surface area contributed by atoms with Gasteiger partial charge in [-0.25, -0.2) is 0 Å². The zero-order valence-corrected chi connectivity index (χ0v) is 22.1. The van der Waals surface area contributed by atoms with Gasteiger partial charge in [0, 0.05) is 26.2 Å². The Labute approximate surface area is 195 Å². The van der Waals surface area contributed by atoms with Crippen LogP contribution in [0.4, 0.5) is 0 Å². The Kier molecular flexibility index (Phi) is 8.08. The molecule has 0 N–H and O–H groups in total. The highest BCUT2D eigenvalue weighted by Gasteiger charge is 2.53. The predicted molar refractivity (Wildman–Crippen MR) is 126 cm³/mol. The van der Waals surface area contributed by atoms with Crippen LogP contribution in [-0.4, -0.2) is 93.3 Å². The van der Waals surface area contributed by atoms with E-state index in [2.05, 4.69) is 41.5 Å². The van der Waals surface area contributed by atoms with E-state index >= 15 is 0 Å². The van der Waals surface area contributed by atoms with Crippen LogP contribution in [0.25, 0.3) is 0 Å². The average molecular weight is 455 g/mol. The summed E-state index contributed by atoms with van der Waals surface area (Å²) in [4.78, 5) is 42.5. The van der Waals surface area contributed by atoms with Gasteiger partial charge in [-0.1, -0.05) is 13.8 Å². The lowest BCUT2D eigenvalue weighted by Crippen LogP contribution is -2.73. The normalized spacial score (nSPS) is 25.4. The van der Waals surface area contributed by atoms with Gasteiger partial charge in [0.25, 0.3) is 0 Å². The molecule has 186 valence electrons. The van der Waals surface area contributed by atoms with Crippen molar-refractivity contribution >= 4 is 11.8 Å². The largest absolute Gasteiger partial charge is 0.337 e. The number of piperazine rings is 2. The molecule has 0 atom stereocenters. The van der Waals surface area contributed by atoms with E-state index in [0.717, 1.165) is 12.8 Å². The first-order valence-corrected chi connectivity index (χ1v) is 12.1. The molecule has 8 heteroatoms. The summed E-state index contributed by atoms with van der Waals surface area (Å²) in [5.41, 5.74) is -2.21. The first-order chi connectivity index (χ1) is 14.6. The van der Waals surface area contributed by atoms with Crippen molar-refractivity contribution in [2.75, 3.05) is 39.4 Å². The number of hydrogen-bond donors (Lipinski definition) is 0. The van der Waals surface area contributed by atoms with Gasteiger partial charge in [-0.3, -0.25) is 19.3 Å². The van der Waals surface area contributed by atoms with E-state index in [1.807, 2.05) is 47.6 Å². The van der Waals surface area contributed by atoms with Gasteiger partial charge in [0.2, 0.25) is 11.8 Å². The van der Waals surface area contributed by atoms with Gasteiger partial charge in [0.1, 0.15) is 11.1 Å². The highest BCUT2D eigenvalue weighted by molar-refractivity contribution is 5.87. The standard InChI is InChI=1S/C24H46N4O4/c1-11-15-31-27-21(3,4)17-25(19(29)23(27,7)8)13-14-26-18-22(5,6)28(32-16-12-2)24(9,10)20(26)30/h11-18H2,1-10H3. The molecule has 0 spiro atoms. The van der Waals surface area contributed by atoms with E-state index in [4.69, 9.17) is 9.68 Å². The maximum absolute atomic E-state index is 13.4. The van der Waals surface area contributed by atoms with Gasteiger partial charge < -0.3 is 9.80 Å². The van der Waals surface area contributed by atoms with Crippen molar-refractivity contribution in [1.29, 1.82) is 0 Å². The second kappa shape index (κ2) is 9.57. The highest BCUT2D eigenvalue weighted by Crippen LogP contribution is 2.35. The lowest BCUT2D eigenvalue weighted by Gasteiger charge is -2.55. The molecule has 32 heavy (non-hydrogen) atoms. The van der Waals surface area contributed by atoms with Crippen LogP contribution >= 0.6 is 0 Å². The van der Waals surface area contributed by atoms with Crippen LogP contribution in [0.1, 0.15) is 82.1 Å². The fourth-order valence-corrected chi connectivity index (χ4v) is 5.31. The first-order valence-electron chi connectivity index (χ1n) is 12.1. The smallest absolute Gasteiger partial charge is 0.245 e. The van der Waals surface area contributed by atoms with E-state index in [1.165, 1.54) is 0 Å². The molecular weight excluding hydrogens is 408 g/mol. The third-order valence-corrected chi connectivity index (χ3v) is 6.38. The summed E-state index contributed by atoms with van der Waals surface area (Å²) in [6.07, 6.45) is 1.78. The van der Waals surface area contributed by atoms with Crippen LogP contribution in [0.3, 0.4) is 0 Å². The summed E-state index contributed by atoms with van der Waals surface area (Å²) in [6.45, 7) is 23.5. The molecule has 8 nitrogen and oxygen atoms in total. The summed E-state index contributed by atoms with van der Waals surface area (Å²) in [5, 5.41) is 3.73. The SMILES string of the molecule is CCCON1C(C)(C)CN(CCN2CC(C)(C)N(OCCC)C(C)(C)C2=O)C(=O)C1(C)C. The fraction of sp³-hybridized carbons (Fsp3) is 0.917. The van der Waals surface area contributed by atoms with Crippen LogP contribution in [0.15, 0.2) is 0 Å². The van der Waals surface area contributed by atoms with E-state index in [-0.39, 0.29) is 22.9 Å². The molecule has 0 aromatic carbocycles. The topological polar surface area (TPSA) is 65.6 Å². The second-order valence-corrected chi connectivity index (χ2v) is 11.5. The minimum Gasteiger partial charge on any atom is -0.337 e. The van der Waals surface area contributed by atoms with Crippen molar-refractivity contribution < 1.29 is 19.3 Å². The number of carbonyl (C=O) groups is 2. The van der Waals surface area contributed by atoms with Gasteiger partial charge in [-0.2, -0.15) is 10.1 Å². The summed E-state index contributed by atoms with van der Waals surface area (Å²) in [6, 6.07) is 0. The number of hydrogen-bond acceptors (Lipinski definition) is 6. The van der Waals surface area contributed by atoms with Crippen molar-refractivity contribution in [3.63, 3.8) is 0 Å². The lowest BCUT2D eigenvalue weighted by atomic mass is 9.88. The molecule has 2 saturated heterocycles. The molecule has 0 aliphatic carbocycles. The molecular formula is C24H46N4O4. The number of carbonyl (C=O) groups excluding carboxylic acids is 2. The number of amides is 2. The Balaban J connectivity index is 2.14. The van der Waals surface area contributed by atoms with E-state index in [1.54, 1.807) is 0 Å². The Morgan fingerprint density at radius 3 is 1.25 bits per heavy atom. The van der Waals surface area contributed by atoms with Crippen molar-refractivity contribution in [1.82, 2.24) is 19.9 Å². The van der Waals surface area contributed by atoms with Crippen molar-refractivity contribution in [3.05, 3.63) is 0 Å². The van der Waals surface area contributed by atoms with Gasteiger partial charge in [-0.15, -0.1) is 0 Å². The molecule has 0 saturated carbocycles. The quantitative estimate of drug-likeness (QED) is 0.533. The molecule has 0 aromatic rings. The zero-order valence-electron chi connectivity index (χ0n) is 22.1. The second-order valence-electron chi connectivity index (χ2n) is 11.5. The Morgan fingerprint density at radius 1 is 0.656 bits per heavy atom. The fourth-order valence-electron chi connectivity index (χ4n) is 5.31. The Bertz CT molecular complexity index is 631. The van der Waals surface area contributed by atoms with Crippen molar-refractivity contribution in [3.8, 4) is 0 Å². The predicted octanol–water partition coefficient (Wildman–Crippen LogP) is 3.07. The van der Waals surface area contributed by atoms with Crippen LogP contribution in [0.5, 0.6) is 0 Å². The van der Waals surface area contributed by atoms with Gasteiger partial charge in [0.15, 0.2) is 0 Å². The highest BCUT2D eigenvalue weighted by atomic mass is 16.7. The van der Waals surface area contributed by atoms with Gasteiger partial charge in [-0.05, 0) is 68.2 Å². The van der Waals surface area contributed by atoms with Crippen LogP contribution in [-0.2, 0) is 19.3 Å². The number of nitrogens with zero attached hydrogens (tertiary/aromatic N) is 4. The van der Waals surface area contributed by atoms with Crippen LogP contribution in [0, 0.1) is 0 Å². The third-order valence-electron chi connectivity index (χ3n) is 6.38. The van der Waals surface area contributed by atoms with Crippen molar-refractivity contribution in [2.45, 2.75) is 104 Å². The summed E-state index contributed by atoms with van der Waals surface area (Å²) in [5.74, 6) is 0.0626. The average Bonchev–Trinajstić information content (AvgIpc) is 2.66. The molecule has 0 unspecified atom stereocenters. The lowest BCUT2D eigenvalue weighted by molar-refractivity contribution is -0.282. The minimum absolute atomic E-state index is 0.0313. The molecule has 2 fully saturated rings. The van der Waals surface area contributed by atoms with Gasteiger partial charge in [0.05, 0.1) is 24.3 Å². The summed E-state index contributed by atoms with van der Waals surface area (Å²) in [7, 11) is 0. The molecule has 2 amide bonds. The first kappa shape index (κ1) is 27.0. The Hall–Kier alpha value is -1.22. The number of hydroxylamine groups is 4. The monoisotopic (exact) mass is 454 g/mol. The van der Waals surface area contributed by atoms with E-state index in [0.29, 0.717) is 39.4 Å². The molecule has 2 aliphatic heterocycles. The maximum Gasteiger partial charge on any atom is 0.245 e. The molecule has 0 radical (unpaired) electrons. The van der Waals surface area contributed by atoms with Crippen molar-refractivity contribution in [2.24, 2.45) is 0 Å². The molecule has 2 rings (SSSR count). The maximum atomic E-state index is 13.4. The third kappa shape index (κ3) is 5.13. The Morgan fingerprint density at radius 2 is 0.969 bits per heavy atom. The van der Waals surface area contributed by atoms with Gasteiger partial charge >= 0.3 is 0 Å². The van der Waals surface area contributed by atoms with E-state index in [9.17, 15) is 9.59 Å². The number of rotatable bonds is 9. The van der Waals surface area contributed by atoms with E-state index < -0.39 is 11.1 Å². The molecule has 2 heterocycles. The van der Waals surface area contributed by atoms with Crippen LogP contribution < -0.4 is 0 Å². The zero-order chi connectivity index (χ0) is 24.5. The summed E-state index contributed by atoms with van der Waals surface area (Å²) >= 11 is 0. The minimum atomic E-state index is -0.772. The molecule has 0 bridgehead atoms.